The van der Waals surface area contributed by atoms with Gasteiger partial charge in [0.2, 0.25) is 5.91 Å². The van der Waals surface area contributed by atoms with Crippen molar-refractivity contribution in [3.63, 3.8) is 0 Å². The molecule has 1 aromatic heterocycles. The lowest BCUT2D eigenvalue weighted by Crippen LogP contribution is -2.35. The van der Waals surface area contributed by atoms with Crippen LogP contribution in [0.15, 0.2) is 18.2 Å². The number of carbonyl (C=O) groups excluding carboxylic acids is 1. The molecule has 0 radical (unpaired) electrons. The molecule has 1 aliphatic heterocycles. The number of pyridine rings is 1. The van der Waals surface area contributed by atoms with Crippen LogP contribution >= 0.6 is 0 Å². The Morgan fingerprint density at radius 2 is 2.35 bits per heavy atom. The van der Waals surface area contributed by atoms with E-state index in [1.165, 1.54) is 0 Å². The Labute approximate surface area is 120 Å². The number of nitrogens with one attached hydrogen (secondary N) is 2. The second-order valence-electron chi connectivity index (χ2n) is 5.36. The van der Waals surface area contributed by atoms with Crippen LogP contribution in [0.5, 0.6) is 0 Å². The van der Waals surface area contributed by atoms with Crippen LogP contribution < -0.4 is 10.6 Å². The fourth-order valence-electron chi connectivity index (χ4n) is 2.53. The summed E-state index contributed by atoms with van der Waals surface area (Å²) in [5.41, 5.74) is 1.08. The van der Waals surface area contributed by atoms with Crippen molar-refractivity contribution in [1.82, 2.24) is 15.2 Å². The Morgan fingerprint density at radius 3 is 3.10 bits per heavy atom. The SMILES string of the molecule is CCCNc1cccc(CN2CCC(NC(C)=O)C2)n1. The molecule has 0 aliphatic carbocycles. The number of hydrogen-bond donors (Lipinski definition) is 2. The summed E-state index contributed by atoms with van der Waals surface area (Å²) in [6.45, 7) is 7.44. The first-order chi connectivity index (χ1) is 9.67. The minimum atomic E-state index is 0.0562. The molecule has 110 valence electrons. The molecule has 5 nitrogen and oxygen atoms in total. The van der Waals surface area contributed by atoms with Gasteiger partial charge >= 0.3 is 0 Å². The summed E-state index contributed by atoms with van der Waals surface area (Å²) in [6, 6.07) is 6.39. The number of likely N-dealkylation sites (tertiary alicyclic amines) is 1. The monoisotopic (exact) mass is 276 g/mol. The van der Waals surface area contributed by atoms with E-state index in [2.05, 4.69) is 33.5 Å². The predicted molar refractivity (Wildman–Crippen MR) is 80.5 cm³/mol. The maximum Gasteiger partial charge on any atom is 0.217 e. The number of amides is 1. The van der Waals surface area contributed by atoms with Gasteiger partial charge in [-0.1, -0.05) is 13.0 Å². The molecule has 1 amide bonds. The molecular formula is C15H24N4O. The second kappa shape index (κ2) is 7.24. The van der Waals surface area contributed by atoms with E-state index in [1.54, 1.807) is 6.92 Å². The van der Waals surface area contributed by atoms with Crippen molar-refractivity contribution in [1.29, 1.82) is 0 Å². The summed E-state index contributed by atoms with van der Waals surface area (Å²) < 4.78 is 0. The molecule has 1 aromatic rings. The lowest BCUT2D eigenvalue weighted by atomic mass is 10.2. The fourth-order valence-corrected chi connectivity index (χ4v) is 2.53. The first-order valence-electron chi connectivity index (χ1n) is 7.36. The fraction of sp³-hybridized carbons (Fsp3) is 0.600. The summed E-state index contributed by atoms with van der Waals surface area (Å²) >= 11 is 0. The minimum absolute atomic E-state index is 0.0562. The summed E-state index contributed by atoms with van der Waals surface area (Å²) in [6.07, 6.45) is 2.11. The third-order valence-electron chi connectivity index (χ3n) is 3.43. The molecular weight excluding hydrogens is 252 g/mol. The largest absolute Gasteiger partial charge is 0.370 e. The highest BCUT2D eigenvalue weighted by atomic mass is 16.1. The van der Waals surface area contributed by atoms with Gasteiger partial charge in [0.15, 0.2) is 0 Å². The second-order valence-corrected chi connectivity index (χ2v) is 5.36. The van der Waals surface area contributed by atoms with Crippen LogP contribution in [-0.4, -0.2) is 41.5 Å². The number of rotatable bonds is 6. The quantitative estimate of drug-likeness (QED) is 0.829. The third-order valence-corrected chi connectivity index (χ3v) is 3.43. The van der Waals surface area contributed by atoms with E-state index in [-0.39, 0.29) is 11.9 Å². The molecule has 0 saturated carbocycles. The maximum absolute atomic E-state index is 11.1. The van der Waals surface area contributed by atoms with Gasteiger partial charge in [-0.05, 0) is 25.0 Å². The molecule has 1 saturated heterocycles. The van der Waals surface area contributed by atoms with Crippen molar-refractivity contribution >= 4 is 11.7 Å². The minimum Gasteiger partial charge on any atom is -0.370 e. The van der Waals surface area contributed by atoms with Crippen molar-refractivity contribution in [2.24, 2.45) is 0 Å². The molecule has 1 atom stereocenters. The number of carbonyl (C=O) groups is 1. The number of hydrogen-bond acceptors (Lipinski definition) is 4. The van der Waals surface area contributed by atoms with Crippen molar-refractivity contribution in [2.75, 3.05) is 25.0 Å². The zero-order valence-corrected chi connectivity index (χ0v) is 12.4. The van der Waals surface area contributed by atoms with Crippen LogP contribution in [0.1, 0.15) is 32.4 Å². The highest BCUT2D eigenvalue weighted by Gasteiger charge is 2.23. The van der Waals surface area contributed by atoms with Crippen LogP contribution in [0.4, 0.5) is 5.82 Å². The van der Waals surface area contributed by atoms with Crippen molar-refractivity contribution in [2.45, 2.75) is 39.3 Å². The molecule has 1 aliphatic rings. The summed E-state index contributed by atoms with van der Waals surface area (Å²) in [7, 11) is 0. The van der Waals surface area contributed by atoms with Gasteiger partial charge in [0.1, 0.15) is 5.82 Å². The topological polar surface area (TPSA) is 57.3 Å². The molecule has 1 fully saturated rings. The lowest BCUT2D eigenvalue weighted by molar-refractivity contribution is -0.119. The van der Waals surface area contributed by atoms with Gasteiger partial charge < -0.3 is 10.6 Å². The molecule has 2 N–H and O–H groups in total. The van der Waals surface area contributed by atoms with E-state index < -0.39 is 0 Å². The zero-order valence-electron chi connectivity index (χ0n) is 12.4. The molecule has 2 rings (SSSR count). The van der Waals surface area contributed by atoms with E-state index in [0.29, 0.717) is 0 Å². The standard InChI is InChI=1S/C15H24N4O/c1-3-8-16-15-6-4-5-13(18-15)10-19-9-7-14(11-19)17-12(2)20/h4-6,14H,3,7-11H2,1-2H3,(H,16,18)(H,17,20). The van der Waals surface area contributed by atoms with E-state index in [1.807, 2.05) is 12.1 Å². The molecule has 0 aromatic carbocycles. The lowest BCUT2D eigenvalue weighted by Gasteiger charge is -2.16. The van der Waals surface area contributed by atoms with Crippen LogP contribution in [0.2, 0.25) is 0 Å². The Balaban J connectivity index is 1.86. The van der Waals surface area contributed by atoms with E-state index in [0.717, 1.165) is 50.5 Å². The highest BCUT2D eigenvalue weighted by Crippen LogP contribution is 2.14. The molecule has 20 heavy (non-hydrogen) atoms. The predicted octanol–water partition coefficient (Wildman–Crippen LogP) is 1.61. The number of aromatic nitrogens is 1. The summed E-state index contributed by atoms with van der Waals surface area (Å²) in [5.74, 6) is 1.00. The molecule has 5 heteroatoms. The third kappa shape index (κ3) is 4.49. The first kappa shape index (κ1) is 14.8. The Morgan fingerprint density at radius 1 is 1.50 bits per heavy atom. The van der Waals surface area contributed by atoms with Gasteiger partial charge in [-0.25, -0.2) is 4.98 Å². The average Bonchev–Trinajstić information content (AvgIpc) is 2.83. The van der Waals surface area contributed by atoms with Crippen LogP contribution in [0.25, 0.3) is 0 Å². The van der Waals surface area contributed by atoms with E-state index >= 15 is 0 Å². The van der Waals surface area contributed by atoms with Gasteiger partial charge in [0.25, 0.3) is 0 Å². The van der Waals surface area contributed by atoms with Gasteiger partial charge in [-0.2, -0.15) is 0 Å². The molecule has 0 bridgehead atoms. The molecule has 2 heterocycles. The Kier molecular flexibility index (Phi) is 5.35. The maximum atomic E-state index is 11.1. The highest BCUT2D eigenvalue weighted by molar-refractivity contribution is 5.73. The van der Waals surface area contributed by atoms with Crippen molar-refractivity contribution in [3.05, 3.63) is 23.9 Å². The summed E-state index contributed by atoms with van der Waals surface area (Å²) in [5, 5.41) is 6.29. The van der Waals surface area contributed by atoms with Crippen LogP contribution in [-0.2, 0) is 11.3 Å². The van der Waals surface area contributed by atoms with Crippen LogP contribution in [0, 0.1) is 0 Å². The first-order valence-corrected chi connectivity index (χ1v) is 7.36. The van der Waals surface area contributed by atoms with E-state index in [9.17, 15) is 4.79 Å². The van der Waals surface area contributed by atoms with Gasteiger partial charge in [-0.3, -0.25) is 9.69 Å². The van der Waals surface area contributed by atoms with Gasteiger partial charge in [-0.15, -0.1) is 0 Å². The zero-order chi connectivity index (χ0) is 14.4. The molecule has 1 unspecified atom stereocenters. The van der Waals surface area contributed by atoms with Crippen molar-refractivity contribution in [3.8, 4) is 0 Å². The summed E-state index contributed by atoms with van der Waals surface area (Å²) in [4.78, 5) is 18.0. The number of anilines is 1. The van der Waals surface area contributed by atoms with Gasteiger partial charge in [0, 0.05) is 39.1 Å². The van der Waals surface area contributed by atoms with E-state index in [4.69, 9.17) is 0 Å². The Hall–Kier alpha value is -1.62. The normalized spacial score (nSPS) is 19.0. The average molecular weight is 276 g/mol. The Bertz CT molecular complexity index is 449. The van der Waals surface area contributed by atoms with Crippen LogP contribution in [0.3, 0.4) is 0 Å². The molecule has 0 spiro atoms. The number of nitrogens with zero attached hydrogens (tertiary/aromatic N) is 2. The van der Waals surface area contributed by atoms with Crippen molar-refractivity contribution < 1.29 is 4.79 Å². The van der Waals surface area contributed by atoms with Gasteiger partial charge in [0.05, 0.1) is 5.69 Å². The smallest absolute Gasteiger partial charge is 0.217 e.